The third-order valence-electron chi connectivity index (χ3n) is 7.98. The van der Waals surface area contributed by atoms with Gasteiger partial charge in [0, 0.05) is 45.3 Å². The van der Waals surface area contributed by atoms with Crippen LogP contribution in [-0.2, 0) is 51.1 Å². The second kappa shape index (κ2) is 24.8. The fraction of sp³-hybridized carbons (Fsp3) is 0.486. The van der Waals surface area contributed by atoms with Gasteiger partial charge >= 0.3 is 23.9 Å². The molecule has 0 aromatic heterocycles. The quantitative estimate of drug-likeness (QED) is 0.0620. The lowest BCUT2D eigenvalue weighted by molar-refractivity contribution is -0.144. The Balaban J connectivity index is 1.67. The number of ether oxygens (including phenoxy) is 2. The van der Waals surface area contributed by atoms with Crippen LogP contribution in [0.25, 0.3) is 0 Å². The second-order valence-electron chi connectivity index (χ2n) is 12.3. The van der Waals surface area contributed by atoms with Gasteiger partial charge in [0.2, 0.25) is 5.91 Å². The number of urea groups is 1. The van der Waals surface area contributed by atoms with Crippen LogP contribution in [0, 0.1) is 5.92 Å². The maximum Gasteiger partial charge on any atom is 0.326 e. The molecule has 0 heterocycles. The smallest absolute Gasteiger partial charge is 0.326 e. The van der Waals surface area contributed by atoms with E-state index < -0.39 is 53.6 Å². The van der Waals surface area contributed by atoms with Crippen LogP contribution < -0.4 is 16.0 Å². The summed E-state index contributed by atoms with van der Waals surface area (Å²) >= 11 is 0. The van der Waals surface area contributed by atoms with E-state index in [4.69, 9.17) is 14.6 Å². The van der Waals surface area contributed by atoms with E-state index in [2.05, 4.69) is 16.0 Å². The summed E-state index contributed by atoms with van der Waals surface area (Å²) in [5, 5.41) is 44.6. The van der Waals surface area contributed by atoms with Gasteiger partial charge in [-0.15, -0.1) is 0 Å². The summed E-state index contributed by atoms with van der Waals surface area (Å²) in [6.45, 7) is 0.690. The molecule has 3 amide bonds. The molecule has 0 aliphatic heterocycles. The van der Waals surface area contributed by atoms with Crippen LogP contribution in [-0.4, -0.2) is 107 Å². The molecule has 7 N–H and O–H groups in total. The molecular formula is C37H49N3O13. The number of rotatable bonds is 28. The summed E-state index contributed by atoms with van der Waals surface area (Å²) in [7, 11) is 0. The average Bonchev–Trinajstić information content (AvgIpc) is 3.11. The number of aliphatic carboxylic acids is 3. The third-order valence-corrected chi connectivity index (χ3v) is 7.98. The van der Waals surface area contributed by atoms with Crippen molar-refractivity contribution < 1.29 is 63.5 Å². The van der Waals surface area contributed by atoms with Gasteiger partial charge in [-0.1, -0.05) is 42.5 Å². The van der Waals surface area contributed by atoms with Crippen molar-refractivity contribution in [1.29, 1.82) is 0 Å². The summed E-state index contributed by atoms with van der Waals surface area (Å²) in [4.78, 5) is 84.1. The fourth-order valence-corrected chi connectivity index (χ4v) is 5.11. The Kier molecular flexibility index (Phi) is 20.5. The molecule has 0 aliphatic rings. The van der Waals surface area contributed by atoms with E-state index in [-0.39, 0.29) is 102 Å². The normalized spacial score (nSPS) is 12.5. The molecule has 53 heavy (non-hydrogen) atoms. The number of phenolic OH excluding ortho intramolecular Hbond substituents is 1. The van der Waals surface area contributed by atoms with Crippen LogP contribution in [0.3, 0.4) is 0 Å². The number of carboxylic acids is 3. The van der Waals surface area contributed by atoms with E-state index in [9.17, 15) is 48.9 Å². The van der Waals surface area contributed by atoms with Crippen molar-refractivity contribution in [2.45, 2.75) is 76.3 Å². The van der Waals surface area contributed by atoms with Crippen molar-refractivity contribution in [3.8, 4) is 5.75 Å². The Morgan fingerprint density at radius 3 is 1.94 bits per heavy atom. The number of hydrogen-bond donors (Lipinski definition) is 7. The number of Topliss-reactive ketones (excluding diaryl/α,β-unsaturated/α-hetero) is 2. The predicted molar refractivity (Wildman–Crippen MR) is 189 cm³/mol. The largest absolute Gasteiger partial charge is 0.508 e. The van der Waals surface area contributed by atoms with E-state index >= 15 is 0 Å². The number of amides is 3. The van der Waals surface area contributed by atoms with Crippen LogP contribution in [0.5, 0.6) is 5.75 Å². The zero-order valence-corrected chi connectivity index (χ0v) is 29.5. The first-order valence-corrected chi connectivity index (χ1v) is 17.4. The number of ketones is 2. The minimum atomic E-state index is -1.30. The Labute approximate surface area is 307 Å². The zero-order chi connectivity index (χ0) is 39.0. The predicted octanol–water partition coefficient (Wildman–Crippen LogP) is 2.49. The Hall–Kier alpha value is -5.35. The highest BCUT2D eigenvalue weighted by Gasteiger charge is 2.28. The molecular weight excluding hydrogens is 694 g/mol. The molecule has 0 spiro atoms. The molecule has 3 atom stereocenters. The molecule has 16 nitrogen and oxygen atoms in total. The van der Waals surface area contributed by atoms with Crippen LogP contribution >= 0.6 is 0 Å². The number of phenols is 1. The molecule has 2 aromatic rings. The van der Waals surface area contributed by atoms with Crippen molar-refractivity contribution in [1.82, 2.24) is 16.0 Å². The molecule has 0 fully saturated rings. The number of hydrogen-bond acceptors (Lipinski definition) is 10. The molecule has 2 rings (SSSR count). The Morgan fingerprint density at radius 2 is 1.30 bits per heavy atom. The number of nitrogens with one attached hydrogen (secondary N) is 3. The van der Waals surface area contributed by atoms with Gasteiger partial charge in [-0.25, -0.2) is 9.59 Å². The topological polar surface area (TPSA) is 255 Å². The summed E-state index contributed by atoms with van der Waals surface area (Å²) < 4.78 is 10.9. The number of carbonyl (C=O) groups excluding carboxylic acids is 4. The van der Waals surface area contributed by atoms with Gasteiger partial charge in [-0.05, 0) is 55.4 Å². The molecule has 16 heteroatoms. The van der Waals surface area contributed by atoms with Gasteiger partial charge < -0.3 is 45.9 Å². The summed E-state index contributed by atoms with van der Waals surface area (Å²) in [5.74, 6) is -5.51. The second-order valence-corrected chi connectivity index (χ2v) is 12.3. The third kappa shape index (κ3) is 19.7. The molecule has 290 valence electrons. The first-order chi connectivity index (χ1) is 25.3. The molecule has 0 saturated carbocycles. The van der Waals surface area contributed by atoms with E-state index in [0.717, 1.165) is 5.56 Å². The number of carbonyl (C=O) groups is 7. The van der Waals surface area contributed by atoms with Crippen LogP contribution in [0.1, 0.15) is 62.5 Å². The van der Waals surface area contributed by atoms with Gasteiger partial charge in [0.25, 0.3) is 0 Å². The van der Waals surface area contributed by atoms with Crippen molar-refractivity contribution >= 4 is 41.4 Å². The fourth-order valence-electron chi connectivity index (χ4n) is 5.11. The number of benzene rings is 2. The lowest BCUT2D eigenvalue weighted by Crippen LogP contribution is -2.46. The minimum Gasteiger partial charge on any atom is -0.508 e. The molecule has 0 bridgehead atoms. The summed E-state index contributed by atoms with van der Waals surface area (Å²) in [6.07, 6.45) is 0.295. The van der Waals surface area contributed by atoms with Gasteiger partial charge in [0.15, 0.2) is 5.78 Å². The zero-order valence-electron chi connectivity index (χ0n) is 29.5. The van der Waals surface area contributed by atoms with Crippen molar-refractivity contribution in [2.75, 3.05) is 33.0 Å². The summed E-state index contributed by atoms with van der Waals surface area (Å²) in [5.41, 5.74) is 1.44. The average molecular weight is 744 g/mol. The monoisotopic (exact) mass is 743 g/mol. The first kappa shape index (κ1) is 43.8. The van der Waals surface area contributed by atoms with Crippen molar-refractivity contribution in [3.05, 3.63) is 65.7 Å². The highest BCUT2D eigenvalue weighted by molar-refractivity contribution is 5.91. The Bertz CT molecular complexity index is 1480. The highest BCUT2D eigenvalue weighted by atomic mass is 16.5. The standard InChI is InChI=1S/C37H49N3O13/c41-28(14-15-30(36(49)50)40-37(51)38-17-4-9-34(45)46)8-5-18-52-20-21-53-19-16-33(44)39-31(23-25-6-2-1-3-7-25)32(43)24-27(35(47)48)22-26-10-12-29(42)13-11-26/h1-3,6-7,10-13,27,30-31,42H,4-5,8-9,14-24H2,(H,39,44)(H,45,46)(H,47,48)(H,49,50)(H2,38,40,51)/t27-,30+,31+/m1/s1. The number of aromatic hydroxyl groups is 1. The van der Waals surface area contributed by atoms with Crippen molar-refractivity contribution in [3.63, 3.8) is 0 Å². The van der Waals surface area contributed by atoms with E-state index in [0.29, 0.717) is 12.0 Å². The molecule has 0 aliphatic carbocycles. The molecule has 0 radical (unpaired) electrons. The first-order valence-electron chi connectivity index (χ1n) is 17.4. The van der Waals surface area contributed by atoms with Gasteiger partial charge in [-0.2, -0.15) is 0 Å². The van der Waals surface area contributed by atoms with Crippen LogP contribution in [0.2, 0.25) is 0 Å². The van der Waals surface area contributed by atoms with Crippen molar-refractivity contribution in [2.24, 2.45) is 5.92 Å². The van der Waals surface area contributed by atoms with E-state index in [1.165, 1.54) is 12.1 Å². The molecule has 0 unspecified atom stereocenters. The maximum atomic E-state index is 13.3. The van der Waals surface area contributed by atoms with E-state index in [1.807, 2.05) is 18.2 Å². The summed E-state index contributed by atoms with van der Waals surface area (Å²) in [6, 6.07) is 12.1. The Morgan fingerprint density at radius 1 is 0.642 bits per heavy atom. The number of carboxylic acid groups (broad SMARTS) is 3. The molecule has 2 aromatic carbocycles. The molecule has 0 saturated heterocycles. The van der Waals surface area contributed by atoms with Gasteiger partial charge in [0.1, 0.15) is 17.6 Å². The lowest BCUT2D eigenvalue weighted by atomic mass is 9.90. The van der Waals surface area contributed by atoms with E-state index in [1.54, 1.807) is 24.3 Å². The van der Waals surface area contributed by atoms with Gasteiger partial charge in [0.05, 0.1) is 31.8 Å². The van der Waals surface area contributed by atoms with Gasteiger partial charge in [-0.3, -0.25) is 24.0 Å². The SMILES string of the molecule is O=C(O)CCCNC(=O)N[C@@H](CCC(=O)CCCOCCOCCC(=O)N[C@@H](Cc1ccccc1)C(=O)C[C@@H](Cc1ccc(O)cc1)C(=O)O)C(=O)O. The maximum absolute atomic E-state index is 13.3. The minimum absolute atomic E-state index is 0.0394. The lowest BCUT2D eigenvalue weighted by Gasteiger charge is -2.20. The van der Waals surface area contributed by atoms with Crippen LogP contribution in [0.4, 0.5) is 4.79 Å². The van der Waals surface area contributed by atoms with Crippen LogP contribution in [0.15, 0.2) is 54.6 Å². The highest BCUT2D eigenvalue weighted by Crippen LogP contribution is 2.18.